The number of benzene rings is 2. The highest BCUT2D eigenvalue weighted by atomic mass is 32.1. The maximum absolute atomic E-state index is 12.6. The Bertz CT molecular complexity index is 836. The van der Waals surface area contributed by atoms with Crippen molar-refractivity contribution in [3.8, 4) is 21.9 Å². The Kier molecular flexibility index (Phi) is 5.36. The zero-order chi connectivity index (χ0) is 17.6. The van der Waals surface area contributed by atoms with Crippen LogP contribution in [0.2, 0.25) is 0 Å². The maximum Gasteiger partial charge on any atom is 0.259 e. The van der Waals surface area contributed by atoms with Gasteiger partial charge in [-0.25, -0.2) is 0 Å². The highest BCUT2D eigenvalue weighted by molar-refractivity contribution is 7.15. The molecule has 4 nitrogen and oxygen atoms in total. The summed E-state index contributed by atoms with van der Waals surface area (Å²) in [4.78, 5) is 14.9. The molecule has 0 unspecified atom stereocenters. The van der Waals surface area contributed by atoms with Gasteiger partial charge in [-0.05, 0) is 29.8 Å². The highest BCUT2D eigenvalue weighted by Crippen LogP contribution is 2.29. The van der Waals surface area contributed by atoms with Crippen LogP contribution in [0.4, 0.5) is 0 Å². The molecule has 25 heavy (non-hydrogen) atoms. The first kappa shape index (κ1) is 17.0. The second-order valence-corrected chi connectivity index (χ2v) is 6.52. The van der Waals surface area contributed by atoms with E-state index in [2.05, 4.69) is 23.5 Å². The highest BCUT2D eigenvalue weighted by Gasteiger charge is 2.18. The molecular weight excluding hydrogens is 334 g/mol. The fourth-order valence-corrected chi connectivity index (χ4v) is 3.51. The molecule has 3 rings (SSSR count). The number of rotatable bonds is 6. The van der Waals surface area contributed by atoms with Crippen LogP contribution in [-0.4, -0.2) is 20.1 Å². The molecule has 5 heteroatoms. The summed E-state index contributed by atoms with van der Waals surface area (Å²) in [6.07, 6.45) is 0. The number of carbonyl (C=O) groups is 1. The maximum atomic E-state index is 12.6. The molecule has 1 aromatic heterocycles. The molecule has 0 aliphatic rings. The van der Waals surface area contributed by atoms with Gasteiger partial charge in [0.2, 0.25) is 0 Å². The molecule has 2 aromatic carbocycles. The lowest BCUT2D eigenvalue weighted by molar-refractivity contribution is 0.0945. The first-order valence-corrected chi connectivity index (χ1v) is 8.68. The Morgan fingerprint density at radius 2 is 1.60 bits per heavy atom. The molecule has 1 heterocycles. The minimum atomic E-state index is -0.219. The molecule has 0 saturated carbocycles. The number of thiophene rings is 1. The van der Waals surface area contributed by atoms with Crippen LogP contribution in [0.25, 0.3) is 10.4 Å². The molecule has 0 aliphatic carbocycles. The van der Waals surface area contributed by atoms with Crippen LogP contribution in [-0.2, 0) is 6.54 Å². The van der Waals surface area contributed by atoms with Gasteiger partial charge in [-0.3, -0.25) is 4.79 Å². The quantitative estimate of drug-likeness (QED) is 0.716. The van der Waals surface area contributed by atoms with Gasteiger partial charge in [0.1, 0.15) is 17.1 Å². The van der Waals surface area contributed by atoms with Crippen LogP contribution in [0.15, 0.2) is 60.7 Å². The van der Waals surface area contributed by atoms with Crippen LogP contribution in [0, 0.1) is 0 Å². The van der Waals surface area contributed by atoms with Crippen LogP contribution in [0.1, 0.15) is 15.2 Å². The summed E-state index contributed by atoms with van der Waals surface area (Å²) in [7, 11) is 3.08. The average molecular weight is 353 g/mol. The van der Waals surface area contributed by atoms with Gasteiger partial charge in [0.15, 0.2) is 0 Å². The second kappa shape index (κ2) is 7.85. The predicted octanol–water partition coefficient (Wildman–Crippen LogP) is 4.36. The third-order valence-electron chi connectivity index (χ3n) is 3.80. The van der Waals surface area contributed by atoms with Gasteiger partial charge in [0.05, 0.1) is 20.8 Å². The predicted molar refractivity (Wildman–Crippen MR) is 100 cm³/mol. The summed E-state index contributed by atoms with van der Waals surface area (Å²) in [5, 5.41) is 2.94. The summed E-state index contributed by atoms with van der Waals surface area (Å²) in [5.41, 5.74) is 1.59. The molecule has 1 amide bonds. The van der Waals surface area contributed by atoms with Gasteiger partial charge in [-0.2, -0.15) is 0 Å². The standard InChI is InChI=1S/C20H19NO3S/c1-23-16-9-6-10-17(24-2)19(16)20(22)21-13-15-11-12-18(25-15)14-7-4-3-5-8-14/h3-12H,13H2,1-2H3,(H,21,22). The molecule has 0 fully saturated rings. The van der Waals surface area contributed by atoms with Crippen molar-refractivity contribution in [3.63, 3.8) is 0 Å². The minimum Gasteiger partial charge on any atom is -0.496 e. The Morgan fingerprint density at radius 1 is 0.920 bits per heavy atom. The van der Waals surface area contributed by atoms with E-state index in [0.29, 0.717) is 23.6 Å². The molecule has 1 N–H and O–H groups in total. The van der Waals surface area contributed by atoms with Crippen molar-refractivity contribution in [1.82, 2.24) is 5.32 Å². The SMILES string of the molecule is COc1cccc(OC)c1C(=O)NCc1ccc(-c2ccccc2)s1. The van der Waals surface area contributed by atoms with Crippen molar-refractivity contribution in [2.75, 3.05) is 14.2 Å². The van der Waals surface area contributed by atoms with Crippen LogP contribution < -0.4 is 14.8 Å². The molecule has 0 radical (unpaired) electrons. The minimum absolute atomic E-state index is 0.219. The van der Waals surface area contributed by atoms with Gasteiger partial charge in [-0.15, -0.1) is 11.3 Å². The van der Waals surface area contributed by atoms with E-state index in [0.717, 1.165) is 4.88 Å². The molecule has 3 aromatic rings. The fraction of sp³-hybridized carbons (Fsp3) is 0.150. The third-order valence-corrected chi connectivity index (χ3v) is 4.93. The summed E-state index contributed by atoms with van der Waals surface area (Å²) < 4.78 is 10.6. The molecule has 0 spiro atoms. The topological polar surface area (TPSA) is 47.6 Å². The third kappa shape index (κ3) is 3.83. The van der Waals surface area contributed by atoms with E-state index in [1.165, 1.54) is 24.7 Å². The Morgan fingerprint density at radius 3 is 2.24 bits per heavy atom. The summed E-state index contributed by atoms with van der Waals surface area (Å²) in [6.45, 7) is 0.456. The average Bonchev–Trinajstić information content (AvgIpc) is 3.15. The first-order valence-electron chi connectivity index (χ1n) is 7.86. The summed E-state index contributed by atoms with van der Waals surface area (Å²) >= 11 is 1.67. The van der Waals surface area contributed by atoms with Crippen LogP contribution in [0.5, 0.6) is 11.5 Å². The number of ether oxygens (including phenoxy) is 2. The van der Waals surface area contributed by atoms with Gasteiger partial charge in [0.25, 0.3) is 5.91 Å². The Hall–Kier alpha value is -2.79. The molecule has 0 aliphatic heterocycles. The molecule has 0 bridgehead atoms. The van der Waals surface area contributed by atoms with Crippen molar-refractivity contribution in [3.05, 3.63) is 71.1 Å². The smallest absolute Gasteiger partial charge is 0.259 e. The number of amides is 1. The number of nitrogens with one attached hydrogen (secondary N) is 1. The molecular formula is C20H19NO3S. The Balaban J connectivity index is 1.72. The van der Waals surface area contributed by atoms with E-state index in [-0.39, 0.29) is 5.91 Å². The molecule has 128 valence electrons. The van der Waals surface area contributed by atoms with E-state index in [9.17, 15) is 4.79 Å². The van der Waals surface area contributed by atoms with Crippen LogP contribution in [0.3, 0.4) is 0 Å². The van der Waals surface area contributed by atoms with Gasteiger partial charge < -0.3 is 14.8 Å². The van der Waals surface area contributed by atoms with E-state index in [1.54, 1.807) is 29.5 Å². The zero-order valence-electron chi connectivity index (χ0n) is 14.1. The van der Waals surface area contributed by atoms with Crippen molar-refractivity contribution >= 4 is 17.2 Å². The van der Waals surface area contributed by atoms with Crippen molar-refractivity contribution in [2.45, 2.75) is 6.54 Å². The number of methoxy groups -OCH3 is 2. The number of hydrogen-bond donors (Lipinski definition) is 1. The monoisotopic (exact) mass is 353 g/mol. The molecule has 0 saturated heterocycles. The van der Waals surface area contributed by atoms with Crippen molar-refractivity contribution < 1.29 is 14.3 Å². The normalized spacial score (nSPS) is 10.3. The number of carbonyl (C=O) groups excluding carboxylic acids is 1. The van der Waals surface area contributed by atoms with Gasteiger partial charge in [-0.1, -0.05) is 36.4 Å². The number of hydrogen-bond acceptors (Lipinski definition) is 4. The van der Waals surface area contributed by atoms with E-state index < -0.39 is 0 Å². The van der Waals surface area contributed by atoms with Gasteiger partial charge in [0, 0.05) is 9.75 Å². The van der Waals surface area contributed by atoms with Crippen LogP contribution >= 0.6 is 11.3 Å². The summed E-state index contributed by atoms with van der Waals surface area (Å²) in [6, 6.07) is 19.6. The van der Waals surface area contributed by atoms with Crippen molar-refractivity contribution in [1.29, 1.82) is 0 Å². The second-order valence-electron chi connectivity index (χ2n) is 5.35. The summed E-state index contributed by atoms with van der Waals surface area (Å²) in [5.74, 6) is 0.768. The lowest BCUT2D eigenvalue weighted by atomic mass is 10.1. The Labute approximate surface area is 151 Å². The van der Waals surface area contributed by atoms with Crippen molar-refractivity contribution in [2.24, 2.45) is 0 Å². The van der Waals surface area contributed by atoms with E-state index >= 15 is 0 Å². The van der Waals surface area contributed by atoms with E-state index in [1.807, 2.05) is 24.3 Å². The molecule has 0 atom stereocenters. The van der Waals surface area contributed by atoms with E-state index in [4.69, 9.17) is 9.47 Å². The largest absolute Gasteiger partial charge is 0.496 e. The van der Waals surface area contributed by atoms with Gasteiger partial charge >= 0.3 is 0 Å². The fourth-order valence-electron chi connectivity index (χ4n) is 2.56. The zero-order valence-corrected chi connectivity index (χ0v) is 14.9. The lowest BCUT2D eigenvalue weighted by Crippen LogP contribution is -2.23. The first-order chi connectivity index (χ1) is 12.2. The lowest BCUT2D eigenvalue weighted by Gasteiger charge is -2.12.